The monoisotopic (exact) mass is 1590 g/mol. The molecule has 4 amide bonds. The first-order valence-electron chi connectivity index (χ1n) is 38.8. The average molecular weight is 1590 g/mol. The Labute approximate surface area is 698 Å². The quantitative estimate of drug-likeness (QED) is 0.0580. The third-order valence-corrected chi connectivity index (χ3v) is 20.5. The van der Waals surface area contributed by atoms with Crippen molar-refractivity contribution in [2.75, 3.05) is 21.3 Å². The van der Waals surface area contributed by atoms with E-state index in [4.69, 9.17) is 43.1 Å². The van der Waals surface area contributed by atoms with Gasteiger partial charge in [0.2, 0.25) is 23.8 Å². The molecule has 0 unspecified atom stereocenters. The number of benzene rings is 12. The maximum atomic E-state index is 12.8. The second-order valence-corrected chi connectivity index (χ2v) is 29.7. The van der Waals surface area contributed by atoms with Gasteiger partial charge in [-0.2, -0.15) is 0 Å². The summed E-state index contributed by atoms with van der Waals surface area (Å²) in [7, 11) is 7.71. The predicted octanol–water partition coefficient (Wildman–Crippen LogP) is 22.3. The second-order valence-electron chi connectivity index (χ2n) is 28.8. The Morgan fingerprint density at radius 1 is 0.246 bits per heavy atom. The normalized spacial score (nSPS) is 10.7. The molecule has 0 bridgehead atoms. The van der Waals surface area contributed by atoms with Crippen LogP contribution in [0.5, 0.6) is 0 Å². The molecule has 4 aromatic heterocycles. The van der Waals surface area contributed by atoms with Crippen molar-refractivity contribution in [3.8, 4) is 45.0 Å². The molecule has 0 saturated heterocycles. The highest BCUT2D eigenvalue weighted by Gasteiger charge is 2.25. The Balaban J connectivity index is 0.000000136. The number of amides is 4. The van der Waals surface area contributed by atoms with Gasteiger partial charge in [-0.15, -0.1) is 0 Å². The van der Waals surface area contributed by atoms with Crippen molar-refractivity contribution in [2.24, 2.45) is 28.2 Å². The summed E-state index contributed by atoms with van der Waals surface area (Å²) >= 11 is 12.2. The molecule has 16 rings (SSSR count). The van der Waals surface area contributed by atoms with Gasteiger partial charge in [-0.05, 0) is 123 Å². The van der Waals surface area contributed by atoms with E-state index >= 15 is 0 Å². The van der Waals surface area contributed by atoms with Gasteiger partial charge in [0.05, 0.1) is 45.6 Å². The molecule has 118 heavy (non-hydrogen) atoms. The first-order chi connectivity index (χ1) is 57.2. The lowest BCUT2D eigenvalue weighted by Crippen LogP contribution is -2.15. The van der Waals surface area contributed by atoms with Crippen LogP contribution >= 0.6 is 23.2 Å². The zero-order chi connectivity index (χ0) is 82.6. The van der Waals surface area contributed by atoms with E-state index in [1.807, 2.05) is 267 Å². The molecule has 0 aliphatic heterocycles. The maximum absolute atomic E-state index is 12.8. The van der Waals surface area contributed by atoms with E-state index < -0.39 is 0 Å². The summed E-state index contributed by atoms with van der Waals surface area (Å²) in [5, 5.41) is 13.2. The molecule has 4 heterocycles. The fourth-order valence-electron chi connectivity index (χ4n) is 13.7. The molecule has 0 aliphatic carbocycles. The van der Waals surface area contributed by atoms with Crippen LogP contribution in [-0.2, 0) is 53.9 Å². The van der Waals surface area contributed by atoms with Crippen LogP contribution in [0.2, 0.25) is 10.0 Å². The van der Waals surface area contributed by atoms with Crippen molar-refractivity contribution < 1.29 is 19.2 Å². The van der Waals surface area contributed by atoms with Crippen molar-refractivity contribution in [3.05, 3.63) is 427 Å². The zero-order valence-corrected chi connectivity index (χ0v) is 68.5. The molecule has 0 fully saturated rings. The predicted molar refractivity (Wildman–Crippen MR) is 478 cm³/mol. The van der Waals surface area contributed by atoms with Crippen LogP contribution in [0.3, 0.4) is 0 Å². The van der Waals surface area contributed by atoms with E-state index in [1.54, 1.807) is 24.3 Å². The van der Waals surface area contributed by atoms with Crippen LogP contribution in [0.1, 0.15) is 109 Å². The highest BCUT2D eigenvalue weighted by molar-refractivity contribution is 6.31. The molecule has 0 aliphatic rings. The minimum absolute atomic E-state index is 0.162. The average Bonchev–Trinajstić information content (AvgIpc) is 1.66. The Kier molecular flexibility index (Phi) is 27.0. The topological polar surface area (TPSA) is 188 Å². The van der Waals surface area contributed by atoms with Gasteiger partial charge in [-0.1, -0.05) is 300 Å². The van der Waals surface area contributed by atoms with Gasteiger partial charge in [0.25, 0.3) is 23.6 Å². The van der Waals surface area contributed by atoms with E-state index in [0.717, 1.165) is 90.1 Å². The number of nitrogens with one attached hydrogen (secondary N) is 4. The van der Waals surface area contributed by atoms with Crippen LogP contribution in [0.4, 0.5) is 23.8 Å². The van der Waals surface area contributed by atoms with Crippen LogP contribution in [0, 0.1) is 27.7 Å². The molecule has 16 aromatic rings. The van der Waals surface area contributed by atoms with E-state index in [2.05, 4.69) is 132 Å². The van der Waals surface area contributed by atoms with Crippen molar-refractivity contribution in [1.29, 1.82) is 0 Å². The standard InChI is InChI=1S/C26H25N3O.C25H22ClN3O.C25H23N3O.C24H20ClN3O/c1-18-9-13-21(14-10-18)24-23(17-20-7-5-4-6-8-20)27-26(29(24)3)28-25(30)22-15-11-19(2)12-16-22;1-17-8-10-20(11-9-17)24(30)28-25-27-22(16-18-6-4-3-5-7-18)23(29(25)2)19-12-14-21(26)15-13-19;1-18-13-15-20(16-14-18)23-22(17-19-9-5-3-6-10-19)26-25(28(23)2)27-24(29)21-11-7-4-8-12-21;1-28-22(18-12-14-20(25)15-13-18)21(16-17-8-4-2-5-9-17)26-24(28)27-23(29)19-10-6-3-7-11-19/h4-16H,17H2,1-3H3,(H,27,28,30);3-15H,16H2,1-2H3,(H,27,28,30);3-16H,17H2,1-2H3,(H,26,27,29);2-15H,16H2,1H3,(H,26,27,29). The number of rotatable bonds is 20. The second kappa shape index (κ2) is 38.8. The third kappa shape index (κ3) is 21.1. The van der Waals surface area contributed by atoms with E-state index in [-0.39, 0.29) is 23.6 Å². The fraction of sp³-hybridized carbons (Fsp3) is 0.120. The number of imidazole rings is 4. The minimum Gasteiger partial charge on any atom is -0.313 e. The summed E-state index contributed by atoms with van der Waals surface area (Å²) in [6.07, 6.45) is 2.71. The van der Waals surface area contributed by atoms with Crippen LogP contribution in [0.15, 0.2) is 328 Å². The lowest BCUT2D eigenvalue weighted by Gasteiger charge is -2.09. The summed E-state index contributed by atoms with van der Waals surface area (Å²) in [6, 6.07) is 106. The van der Waals surface area contributed by atoms with Crippen LogP contribution < -0.4 is 21.3 Å². The number of hydrogen-bond donors (Lipinski definition) is 4. The maximum Gasteiger partial charge on any atom is 0.257 e. The lowest BCUT2D eigenvalue weighted by molar-refractivity contribution is 0.101. The van der Waals surface area contributed by atoms with E-state index in [0.29, 0.717) is 81.8 Å². The first kappa shape index (κ1) is 81.9. The molecule has 0 spiro atoms. The van der Waals surface area contributed by atoms with Crippen molar-refractivity contribution in [2.45, 2.75) is 53.4 Å². The summed E-state index contributed by atoms with van der Waals surface area (Å²) in [5.41, 5.74) is 23.5. The molecule has 0 saturated carbocycles. The Morgan fingerprint density at radius 2 is 0.424 bits per heavy atom. The summed E-state index contributed by atoms with van der Waals surface area (Å²) < 4.78 is 7.77. The molecule has 18 heteroatoms. The Morgan fingerprint density at radius 3 is 0.636 bits per heavy atom. The van der Waals surface area contributed by atoms with Gasteiger partial charge < -0.3 is 18.3 Å². The van der Waals surface area contributed by atoms with Crippen molar-refractivity contribution >= 4 is 70.6 Å². The van der Waals surface area contributed by atoms with Crippen molar-refractivity contribution in [1.82, 2.24) is 38.2 Å². The van der Waals surface area contributed by atoms with Gasteiger partial charge >= 0.3 is 0 Å². The molecule has 0 atom stereocenters. The smallest absolute Gasteiger partial charge is 0.257 e. The largest absolute Gasteiger partial charge is 0.313 e. The minimum atomic E-state index is -0.187. The molecular weight excluding hydrogens is 1500 g/mol. The number of aryl methyl sites for hydroxylation is 4. The number of carbonyl (C=O) groups is 4. The highest BCUT2D eigenvalue weighted by Crippen LogP contribution is 2.35. The lowest BCUT2D eigenvalue weighted by atomic mass is 10.0. The number of hydrogen-bond acceptors (Lipinski definition) is 8. The molecule has 4 N–H and O–H groups in total. The van der Waals surface area contributed by atoms with Crippen molar-refractivity contribution in [3.63, 3.8) is 0 Å². The number of aromatic nitrogens is 8. The SMILES string of the molecule is Cc1ccc(-c2c(Cc3ccccc3)nc(NC(=O)c3ccccc3)n2C)cc1.Cc1ccc(C(=O)Nc2nc(Cc3ccccc3)c(-c3ccc(C)cc3)n2C)cc1.Cc1ccc(C(=O)Nc2nc(Cc3ccccc3)c(-c3ccc(Cl)cc3)n2C)cc1.Cn1c(NC(=O)c2ccccc2)nc(Cc2ccccc2)c1-c1ccc(Cl)cc1. The Hall–Kier alpha value is -14.1. The zero-order valence-electron chi connectivity index (χ0n) is 67.0. The molecular formula is C100H90Cl2N12O4. The van der Waals surface area contributed by atoms with E-state index in [1.165, 1.54) is 22.3 Å². The molecule has 16 nitrogen and oxygen atoms in total. The molecule has 0 radical (unpaired) electrons. The fourth-order valence-corrected chi connectivity index (χ4v) is 13.9. The van der Waals surface area contributed by atoms with Crippen LogP contribution in [0.25, 0.3) is 45.0 Å². The first-order valence-corrected chi connectivity index (χ1v) is 39.5. The van der Waals surface area contributed by atoms with Gasteiger partial charge in [-0.25, -0.2) is 19.9 Å². The number of anilines is 4. The number of carbonyl (C=O) groups excluding carboxylic acids is 4. The Bertz CT molecular complexity index is 5680. The van der Waals surface area contributed by atoms with Gasteiger partial charge in [0.15, 0.2) is 0 Å². The number of halogens is 2. The summed E-state index contributed by atoms with van der Waals surface area (Å²) in [6.45, 7) is 8.15. The highest BCUT2D eigenvalue weighted by atomic mass is 35.5. The van der Waals surface area contributed by atoms with Gasteiger partial charge in [0, 0.05) is 108 Å². The molecule has 588 valence electrons. The van der Waals surface area contributed by atoms with Gasteiger partial charge in [-0.3, -0.25) is 40.4 Å². The van der Waals surface area contributed by atoms with Gasteiger partial charge in [0.1, 0.15) is 0 Å². The van der Waals surface area contributed by atoms with Crippen LogP contribution in [-0.4, -0.2) is 61.8 Å². The molecule has 12 aromatic carbocycles. The third-order valence-electron chi connectivity index (χ3n) is 20.0. The summed E-state index contributed by atoms with van der Waals surface area (Å²) in [4.78, 5) is 70.0. The van der Waals surface area contributed by atoms with E-state index in [9.17, 15) is 19.2 Å². The summed E-state index contributed by atoms with van der Waals surface area (Å²) in [5.74, 6) is 1.41. The number of nitrogens with zero attached hydrogens (tertiary/aromatic N) is 8.